The minimum atomic E-state index is -0.409. The van der Waals surface area contributed by atoms with Gasteiger partial charge in [-0.25, -0.2) is 0 Å². The van der Waals surface area contributed by atoms with E-state index in [2.05, 4.69) is 4.98 Å². The Labute approximate surface area is 123 Å². The number of aromatic nitrogens is 1. The topological polar surface area (TPSA) is 51.7 Å². The molecule has 0 aromatic carbocycles. The van der Waals surface area contributed by atoms with Gasteiger partial charge in [-0.05, 0) is 19.9 Å². The molecule has 1 aliphatic rings. The molecule has 1 aromatic heterocycles. The molecule has 1 aromatic rings. The SMILES string of the molecule is COc1cnccc1C(=O)N1CC(CCl)OC(C)(C)C1. The molecule has 0 aliphatic carbocycles. The van der Waals surface area contributed by atoms with Crippen LogP contribution in [-0.4, -0.2) is 53.6 Å². The molecule has 20 heavy (non-hydrogen) atoms. The first-order chi connectivity index (χ1) is 9.46. The molecule has 0 spiro atoms. The zero-order valence-corrected chi connectivity index (χ0v) is 12.7. The molecule has 0 radical (unpaired) electrons. The molecule has 0 bridgehead atoms. The van der Waals surface area contributed by atoms with Crippen molar-refractivity contribution in [2.75, 3.05) is 26.1 Å². The fraction of sp³-hybridized carbons (Fsp3) is 0.571. The summed E-state index contributed by atoms with van der Waals surface area (Å²) in [5.41, 5.74) is 0.0989. The molecule has 6 heteroatoms. The monoisotopic (exact) mass is 298 g/mol. The number of hydrogen-bond acceptors (Lipinski definition) is 4. The van der Waals surface area contributed by atoms with Crippen molar-refractivity contribution < 1.29 is 14.3 Å². The third kappa shape index (κ3) is 3.22. The highest BCUT2D eigenvalue weighted by molar-refractivity contribution is 6.18. The number of amides is 1. The molecule has 1 unspecified atom stereocenters. The number of morpholine rings is 1. The van der Waals surface area contributed by atoms with Crippen LogP contribution < -0.4 is 4.74 Å². The summed E-state index contributed by atoms with van der Waals surface area (Å²) in [6.07, 6.45) is 2.97. The maximum atomic E-state index is 12.6. The van der Waals surface area contributed by atoms with Crippen LogP contribution in [0.4, 0.5) is 0 Å². The van der Waals surface area contributed by atoms with Crippen LogP contribution in [-0.2, 0) is 4.74 Å². The van der Waals surface area contributed by atoms with E-state index in [1.165, 1.54) is 13.3 Å². The minimum Gasteiger partial charge on any atom is -0.494 e. The maximum absolute atomic E-state index is 12.6. The number of ether oxygens (including phenoxy) is 2. The Bertz CT molecular complexity index is 493. The summed E-state index contributed by atoms with van der Waals surface area (Å²) in [6.45, 7) is 4.91. The lowest BCUT2D eigenvalue weighted by Crippen LogP contribution is -2.55. The van der Waals surface area contributed by atoms with Gasteiger partial charge in [-0.3, -0.25) is 9.78 Å². The second-order valence-corrected chi connectivity index (χ2v) is 5.72. The van der Waals surface area contributed by atoms with Gasteiger partial charge in [0.2, 0.25) is 0 Å². The highest BCUT2D eigenvalue weighted by Crippen LogP contribution is 2.25. The van der Waals surface area contributed by atoms with E-state index < -0.39 is 5.60 Å². The Balaban J connectivity index is 2.23. The summed E-state index contributed by atoms with van der Waals surface area (Å²) in [5.74, 6) is 0.751. The average molecular weight is 299 g/mol. The summed E-state index contributed by atoms with van der Waals surface area (Å²) in [6, 6.07) is 1.67. The van der Waals surface area contributed by atoms with Gasteiger partial charge in [0.25, 0.3) is 5.91 Å². The van der Waals surface area contributed by atoms with Gasteiger partial charge in [0.15, 0.2) is 0 Å². The van der Waals surface area contributed by atoms with Gasteiger partial charge in [-0.1, -0.05) is 0 Å². The largest absolute Gasteiger partial charge is 0.494 e. The number of carbonyl (C=O) groups is 1. The van der Waals surface area contributed by atoms with Crippen LogP contribution in [0.5, 0.6) is 5.75 Å². The molecule has 1 aliphatic heterocycles. The van der Waals surface area contributed by atoms with E-state index in [9.17, 15) is 4.79 Å². The van der Waals surface area contributed by atoms with Crippen LogP contribution in [0.1, 0.15) is 24.2 Å². The standard InChI is InChI=1S/C14H19ClN2O3/c1-14(2)9-17(8-10(6-15)20-14)13(18)11-4-5-16-7-12(11)19-3/h4-5,7,10H,6,8-9H2,1-3H3. The predicted octanol–water partition coefficient (Wildman–Crippen LogP) is 1.95. The second kappa shape index (κ2) is 5.97. The highest BCUT2D eigenvalue weighted by Gasteiger charge is 2.36. The van der Waals surface area contributed by atoms with Crippen LogP contribution >= 0.6 is 11.6 Å². The van der Waals surface area contributed by atoms with Crippen molar-refractivity contribution in [3.8, 4) is 5.75 Å². The summed E-state index contributed by atoms with van der Waals surface area (Å²) in [5, 5.41) is 0. The molecule has 1 atom stereocenters. The number of nitrogens with zero attached hydrogens (tertiary/aromatic N) is 2. The Hall–Kier alpha value is -1.33. The Morgan fingerprint density at radius 1 is 1.65 bits per heavy atom. The molecule has 2 rings (SSSR count). The van der Waals surface area contributed by atoms with Crippen LogP contribution in [0.15, 0.2) is 18.5 Å². The number of pyridine rings is 1. The molecular weight excluding hydrogens is 280 g/mol. The zero-order valence-electron chi connectivity index (χ0n) is 11.9. The summed E-state index contributed by atoms with van der Waals surface area (Å²) >= 11 is 5.88. The number of carbonyl (C=O) groups excluding carboxylic acids is 1. The van der Waals surface area contributed by atoms with Crippen molar-refractivity contribution in [2.45, 2.75) is 25.6 Å². The number of halogens is 1. The van der Waals surface area contributed by atoms with Crippen LogP contribution in [0.25, 0.3) is 0 Å². The van der Waals surface area contributed by atoms with E-state index in [0.29, 0.717) is 30.3 Å². The summed E-state index contributed by atoms with van der Waals surface area (Å²) in [7, 11) is 1.53. The second-order valence-electron chi connectivity index (χ2n) is 5.42. The predicted molar refractivity (Wildman–Crippen MR) is 76.4 cm³/mol. The van der Waals surface area contributed by atoms with E-state index in [0.717, 1.165) is 0 Å². The van der Waals surface area contributed by atoms with Crippen molar-refractivity contribution in [3.05, 3.63) is 24.0 Å². The number of alkyl halides is 1. The molecule has 1 fully saturated rings. The third-order valence-electron chi connectivity index (χ3n) is 3.18. The van der Waals surface area contributed by atoms with E-state index >= 15 is 0 Å². The normalized spacial score (nSPS) is 21.6. The van der Waals surface area contributed by atoms with Crippen molar-refractivity contribution >= 4 is 17.5 Å². The van der Waals surface area contributed by atoms with Gasteiger partial charge in [-0.2, -0.15) is 0 Å². The summed E-state index contributed by atoms with van der Waals surface area (Å²) in [4.78, 5) is 18.4. The van der Waals surface area contributed by atoms with Gasteiger partial charge in [0.05, 0.1) is 36.5 Å². The Morgan fingerprint density at radius 3 is 3.05 bits per heavy atom. The van der Waals surface area contributed by atoms with Crippen molar-refractivity contribution in [3.63, 3.8) is 0 Å². The van der Waals surface area contributed by atoms with E-state index in [1.807, 2.05) is 13.8 Å². The van der Waals surface area contributed by atoms with Gasteiger partial charge in [0, 0.05) is 19.3 Å². The lowest BCUT2D eigenvalue weighted by atomic mass is 10.0. The number of hydrogen-bond donors (Lipinski definition) is 0. The van der Waals surface area contributed by atoms with E-state index in [-0.39, 0.29) is 12.0 Å². The molecule has 2 heterocycles. The Morgan fingerprint density at radius 2 is 2.40 bits per heavy atom. The number of methoxy groups -OCH3 is 1. The molecular formula is C14H19ClN2O3. The van der Waals surface area contributed by atoms with Crippen LogP contribution in [0, 0.1) is 0 Å². The van der Waals surface area contributed by atoms with Crippen molar-refractivity contribution in [2.24, 2.45) is 0 Å². The lowest BCUT2D eigenvalue weighted by Gasteiger charge is -2.42. The molecule has 0 N–H and O–H groups in total. The van der Waals surface area contributed by atoms with Crippen molar-refractivity contribution in [1.29, 1.82) is 0 Å². The lowest BCUT2D eigenvalue weighted by molar-refractivity contribution is -0.117. The number of rotatable bonds is 3. The van der Waals surface area contributed by atoms with Gasteiger partial charge >= 0.3 is 0 Å². The first kappa shape index (κ1) is 15.1. The fourth-order valence-corrected chi connectivity index (χ4v) is 2.58. The van der Waals surface area contributed by atoms with Gasteiger partial charge in [0.1, 0.15) is 5.75 Å². The Kier molecular flexibility index (Phi) is 4.50. The maximum Gasteiger partial charge on any atom is 0.257 e. The smallest absolute Gasteiger partial charge is 0.257 e. The van der Waals surface area contributed by atoms with Crippen LogP contribution in [0.2, 0.25) is 0 Å². The zero-order chi connectivity index (χ0) is 14.8. The fourth-order valence-electron chi connectivity index (χ4n) is 2.42. The van der Waals surface area contributed by atoms with E-state index in [4.69, 9.17) is 21.1 Å². The average Bonchev–Trinajstić information content (AvgIpc) is 2.44. The first-order valence-corrected chi connectivity index (χ1v) is 7.01. The first-order valence-electron chi connectivity index (χ1n) is 6.48. The highest BCUT2D eigenvalue weighted by atomic mass is 35.5. The molecule has 5 nitrogen and oxygen atoms in total. The molecule has 1 saturated heterocycles. The quantitative estimate of drug-likeness (QED) is 0.800. The third-order valence-corrected chi connectivity index (χ3v) is 3.52. The molecule has 1 amide bonds. The van der Waals surface area contributed by atoms with Crippen molar-refractivity contribution in [1.82, 2.24) is 9.88 Å². The molecule has 0 saturated carbocycles. The van der Waals surface area contributed by atoms with E-state index in [1.54, 1.807) is 17.2 Å². The van der Waals surface area contributed by atoms with Crippen LogP contribution in [0.3, 0.4) is 0 Å². The van der Waals surface area contributed by atoms with Gasteiger partial charge in [-0.15, -0.1) is 11.6 Å². The summed E-state index contributed by atoms with van der Waals surface area (Å²) < 4.78 is 11.0. The molecule has 110 valence electrons. The minimum absolute atomic E-state index is 0.0873. The van der Waals surface area contributed by atoms with Gasteiger partial charge < -0.3 is 14.4 Å².